The number of rotatable bonds is 3. The minimum atomic E-state index is -0.535. The van der Waals surface area contributed by atoms with Crippen molar-refractivity contribution in [2.75, 3.05) is 5.32 Å². The van der Waals surface area contributed by atoms with Crippen LogP contribution in [-0.2, 0) is 17.8 Å². The second-order valence-electron chi connectivity index (χ2n) is 4.81. The van der Waals surface area contributed by atoms with Gasteiger partial charge in [-0.25, -0.2) is 0 Å². The molecule has 1 aliphatic heterocycles. The molecule has 1 aromatic carbocycles. The minimum Gasteiger partial charge on any atom is -0.326 e. The zero-order chi connectivity index (χ0) is 12.5. The standard InChI is InChI=1S/C13H15N3O/c1-13(2,8-14)15-7-9-3-4-11-10(5-9)6-12(17)16-11/h3-5,15H,6-7H2,1-2H3,(H,16,17). The fourth-order valence-electron chi connectivity index (χ4n) is 1.76. The van der Waals surface area contributed by atoms with Crippen LogP contribution in [0.15, 0.2) is 18.2 Å². The lowest BCUT2D eigenvalue weighted by atomic mass is 10.1. The molecule has 0 bridgehead atoms. The molecule has 88 valence electrons. The Morgan fingerprint density at radius 1 is 1.53 bits per heavy atom. The van der Waals surface area contributed by atoms with Crippen molar-refractivity contribution < 1.29 is 4.79 Å². The number of benzene rings is 1. The van der Waals surface area contributed by atoms with Crippen LogP contribution in [0.5, 0.6) is 0 Å². The lowest BCUT2D eigenvalue weighted by Crippen LogP contribution is -2.36. The fraction of sp³-hybridized carbons (Fsp3) is 0.385. The van der Waals surface area contributed by atoms with E-state index in [1.54, 1.807) is 0 Å². The minimum absolute atomic E-state index is 0.0439. The van der Waals surface area contributed by atoms with Crippen molar-refractivity contribution in [1.29, 1.82) is 5.26 Å². The lowest BCUT2D eigenvalue weighted by molar-refractivity contribution is -0.115. The first-order valence-electron chi connectivity index (χ1n) is 5.58. The zero-order valence-electron chi connectivity index (χ0n) is 10.0. The highest BCUT2D eigenvalue weighted by Crippen LogP contribution is 2.23. The van der Waals surface area contributed by atoms with Gasteiger partial charge in [0.05, 0.1) is 12.5 Å². The molecule has 1 amide bonds. The number of nitriles is 1. The van der Waals surface area contributed by atoms with E-state index < -0.39 is 5.54 Å². The third kappa shape index (κ3) is 2.63. The molecular formula is C13H15N3O. The predicted molar refractivity (Wildman–Crippen MR) is 65.3 cm³/mol. The van der Waals surface area contributed by atoms with E-state index in [0.29, 0.717) is 13.0 Å². The van der Waals surface area contributed by atoms with E-state index >= 15 is 0 Å². The summed E-state index contributed by atoms with van der Waals surface area (Å²) in [6.07, 6.45) is 0.449. The van der Waals surface area contributed by atoms with E-state index in [0.717, 1.165) is 16.8 Å². The van der Waals surface area contributed by atoms with Gasteiger partial charge in [0.15, 0.2) is 0 Å². The average molecular weight is 229 g/mol. The molecule has 17 heavy (non-hydrogen) atoms. The number of nitrogens with one attached hydrogen (secondary N) is 2. The van der Waals surface area contributed by atoms with Crippen LogP contribution in [-0.4, -0.2) is 11.4 Å². The van der Waals surface area contributed by atoms with Gasteiger partial charge in [-0.05, 0) is 31.0 Å². The molecule has 0 saturated carbocycles. The van der Waals surface area contributed by atoms with Crippen molar-refractivity contribution in [1.82, 2.24) is 5.32 Å². The van der Waals surface area contributed by atoms with Gasteiger partial charge < -0.3 is 5.32 Å². The van der Waals surface area contributed by atoms with Crippen LogP contribution < -0.4 is 10.6 Å². The van der Waals surface area contributed by atoms with E-state index in [-0.39, 0.29) is 5.91 Å². The average Bonchev–Trinajstić information content (AvgIpc) is 2.66. The Balaban J connectivity index is 2.07. The van der Waals surface area contributed by atoms with E-state index in [2.05, 4.69) is 16.7 Å². The molecule has 1 heterocycles. The summed E-state index contributed by atoms with van der Waals surface area (Å²) >= 11 is 0. The topological polar surface area (TPSA) is 64.9 Å². The summed E-state index contributed by atoms with van der Waals surface area (Å²) in [6.45, 7) is 4.30. The van der Waals surface area contributed by atoms with Gasteiger partial charge in [-0.1, -0.05) is 12.1 Å². The Kier molecular flexibility index (Phi) is 2.86. The quantitative estimate of drug-likeness (QED) is 0.827. The number of hydrogen-bond donors (Lipinski definition) is 2. The van der Waals surface area contributed by atoms with Gasteiger partial charge in [0.2, 0.25) is 5.91 Å². The van der Waals surface area contributed by atoms with Gasteiger partial charge in [-0.15, -0.1) is 0 Å². The van der Waals surface area contributed by atoms with E-state index in [1.165, 1.54) is 0 Å². The summed E-state index contributed by atoms with van der Waals surface area (Å²) in [5.74, 6) is 0.0439. The molecule has 1 aliphatic rings. The van der Waals surface area contributed by atoms with E-state index in [4.69, 9.17) is 5.26 Å². The summed E-state index contributed by atoms with van der Waals surface area (Å²) in [6, 6.07) is 8.08. The first-order chi connectivity index (χ1) is 8.00. The predicted octanol–water partition coefficient (Wildman–Crippen LogP) is 1.57. The molecule has 4 nitrogen and oxygen atoms in total. The molecule has 0 unspecified atom stereocenters. The molecule has 2 N–H and O–H groups in total. The van der Waals surface area contributed by atoms with Crippen LogP contribution in [0.25, 0.3) is 0 Å². The molecule has 4 heteroatoms. The number of anilines is 1. The molecule has 0 spiro atoms. The molecule has 0 atom stereocenters. The molecule has 1 aromatic rings. The zero-order valence-corrected chi connectivity index (χ0v) is 10.0. The smallest absolute Gasteiger partial charge is 0.228 e. The molecule has 0 radical (unpaired) electrons. The maximum atomic E-state index is 11.2. The number of fused-ring (bicyclic) bond motifs is 1. The largest absolute Gasteiger partial charge is 0.326 e. The second-order valence-corrected chi connectivity index (χ2v) is 4.81. The molecule has 0 fully saturated rings. The van der Waals surface area contributed by atoms with Crippen LogP contribution in [0.3, 0.4) is 0 Å². The Labute approximate surface area is 101 Å². The van der Waals surface area contributed by atoms with Crippen molar-refractivity contribution >= 4 is 11.6 Å². The van der Waals surface area contributed by atoms with Crippen molar-refractivity contribution in [3.05, 3.63) is 29.3 Å². The van der Waals surface area contributed by atoms with E-state index in [9.17, 15) is 4.79 Å². The second kappa shape index (κ2) is 4.19. The Hall–Kier alpha value is -1.86. The van der Waals surface area contributed by atoms with Crippen molar-refractivity contribution in [3.8, 4) is 6.07 Å². The van der Waals surface area contributed by atoms with Crippen molar-refractivity contribution in [2.45, 2.75) is 32.4 Å². The molecular weight excluding hydrogens is 214 g/mol. The van der Waals surface area contributed by atoms with Gasteiger partial charge in [0.25, 0.3) is 0 Å². The number of nitrogens with zero attached hydrogens (tertiary/aromatic N) is 1. The highest BCUT2D eigenvalue weighted by Gasteiger charge is 2.18. The normalized spacial score (nSPS) is 14.1. The molecule has 0 saturated heterocycles. The molecule has 0 aromatic heterocycles. The molecule has 2 rings (SSSR count). The number of carbonyl (C=O) groups is 1. The highest BCUT2D eigenvalue weighted by atomic mass is 16.1. The Bertz CT molecular complexity index is 500. The van der Waals surface area contributed by atoms with Crippen LogP contribution in [0.1, 0.15) is 25.0 Å². The summed E-state index contributed by atoms with van der Waals surface area (Å²) in [5, 5.41) is 14.9. The number of hydrogen-bond acceptors (Lipinski definition) is 3. The fourth-order valence-corrected chi connectivity index (χ4v) is 1.76. The monoisotopic (exact) mass is 229 g/mol. The van der Waals surface area contributed by atoms with Crippen molar-refractivity contribution in [2.24, 2.45) is 0 Å². The number of carbonyl (C=O) groups excluding carboxylic acids is 1. The third-order valence-corrected chi connectivity index (χ3v) is 2.81. The van der Waals surface area contributed by atoms with Gasteiger partial charge in [-0.2, -0.15) is 5.26 Å². The summed E-state index contributed by atoms with van der Waals surface area (Å²) in [7, 11) is 0. The van der Waals surface area contributed by atoms with Gasteiger partial charge in [0, 0.05) is 12.2 Å². The van der Waals surface area contributed by atoms with Crippen molar-refractivity contribution in [3.63, 3.8) is 0 Å². The van der Waals surface area contributed by atoms with Gasteiger partial charge in [0.1, 0.15) is 5.54 Å². The van der Waals surface area contributed by atoms with Crippen LogP contribution in [0.4, 0.5) is 5.69 Å². The first-order valence-corrected chi connectivity index (χ1v) is 5.58. The maximum Gasteiger partial charge on any atom is 0.228 e. The third-order valence-electron chi connectivity index (χ3n) is 2.81. The van der Waals surface area contributed by atoms with Crippen LogP contribution >= 0.6 is 0 Å². The Morgan fingerprint density at radius 3 is 3.00 bits per heavy atom. The number of amides is 1. The Morgan fingerprint density at radius 2 is 2.29 bits per heavy atom. The van der Waals surface area contributed by atoms with E-state index in [1.807, 2.05) is 32.0 Å². The lowest BCUT2D eigenvalue weighted by Gasteiger charge is -2.17. The highest BCUT2D eigenvalue weighted by molar-refractivity contribution is 5.99. The van der Waals surface area contributed by atoms with Crippen LogP contribution in [0, 0.1) is 11.3 Å². The van der Waals surface area contributed by atoms with Gasteiger partial charge in [-0.3, -0.25) is 10.1 Å². The summed E-state index contributed by atoms with van der Waals surface area (Å²) in [5.41, 5.74) is 2.48. The molecule has 0 aliphatic carbocycles. The van der Waals surface area contributed by atoms with Gasteiger partial charge >= 0.3 is 0 Å². The summed E-state index contributed by atoms with van der Waals surface area (Å²) < 4.78 is 0. The SMILES string of the molecule is CC(C)(C#N)NCc1ccc2c(c1)CC(=O)N2. The summed E-state index contributed by atoms with van der Waals surface area (Å²) in [4.78, 5) is 11.2. The first kappa shape index (κ1) is 11.6. The van der Waals surface area contributed by atoms with Crippen LogP contribution in [0.2, 0.25) is 0 Å². The maximum absolute atomic E-state index is 11.2.